The molecule has 1 aromatic heterocycles. The molecule has 20 heavy (non-hydrogen) atoms. The maximum Gasteiger partial charge on any atom is 0.242 e. The first-order valence-electron chi connectivity index (χ1n) is 5.77. The van der Waals surface area contributed by atoms with Gasteiger partial charge >= 0.3 is 0 Å². The zero-order valence-electron chi connectivity index (χ0n) is 10.5. The average molecular weight is 376 g/mol. The average Bonchev–Trinajstić information content (AvgIpc) is 2.38. The summed E-state index contributed by atoms with van der Waals surface area (Å²) in [6.07, 6.45) is 3.24. The minimum Gasteiger partial charge on any atom is -0.265 e. The highest BCUT2D eigenvalue weighted by atomic mass is 79.9. The second kappa shape index (κ2) is 6.22. The van der Waals surface area contributed by atoms with E-state index in [9.17, 15) is 8.42 Å². The van der Waals surface area contributed by atoms with Crippen molar-refractivity contribution in [3.63, 3.8) is 0 Å². The lowest BCUT2D eigenvalue weighted by Gasteiger charge is -2.15. The van der Waals surface area contributed by atoms with Gasteiger partial charge in [-0.25, -0.2) is 13.1 Å². The molecular weight excluding hydrogens is 364 g/mol. The number of pyridine rings is 1. The molecule has 0 saturated carbocycles. The van der Waals surface area contributed by atoms with Crippen molar-refractivity contribution in [1.29, 1.82) is 0 Å². The Bertz CT molecular complexity index is 708. The Morgan fingerprint density at radius 2 is 1.90 bits per heavy atom. The highest BCUT2D eigenvalue weighted by Gasteiger charge is 2.21. The molecule has 0 spiro atoms. The molecule has 0 aliphatic carbocycles. The molecule has 7 heteroatoms. The van der Waals surface area contributed by atoms with E-state index in [2.05, 4.69) is 25.6 Å². The van der Waals surface area contributed by atoms with Gasteiger partial charge in [0.2, 0.25) is 10.0 Å². The van der Waals surface area contributed by atoms with E-state index in [-0.39, 0.29) is 16.0 Å². The van der Waals surface area contributed by atoms with Gasteiger partial charge in [0.25, 0.3) is 0 Å². The van der Waals surface area contributed by atoms with Gasteiger partial charge in [0.15, 0.2) is 0 Å². The van der Waals surface area contributed by atoms with Gasteiger partial charge in [0, 0.05) is 22.9 Å². The minimum atomic E-state index is -3.68. The van der Waals surface area contributed by atoms with Gasteiger partial charge in [0.05, 0.1) is 5.02 Å². The van der Waals surface area contributed by atoms with Crippen molar-refractivity contribution in [1.82, 2.24) is 9.71 Å². The lowest BCUT2D eigenvalue weighted by Crippen LogP contribution is -2.27. The van der Waals surface area contributed by atoms with Gasteiger partial charge in [0.1, 0.15) is 4.90 Å². The Balaban J connectivity index is 2.28. The van der Waals surface area contributed by atoms with Crippen LogP contribution in [0, 0.1) is 0 Å². The summed E-state index contributed by atoms with van der Waals surface area (Å²) in [6, 6.07) is 7.80. The van der Waals surface area contributed by atoms with Crippen LogP contribution in [0.25, 0.3) is 0 Å². The highest BCUT2D eigenvalue weighted by Crippen LogP contribution is 2.26. The third-order valence-corrected chi connectivity index (χ3v) is 5.24. The molecule has 1 aromatic carbocycles. The minimum absolute atomic E-state index is 0.0586. The van der Waals surface area contributed by atoms with Gasteiger partial charge in [-0.1, -0.05) is 27.5 Å². The Hall–Kier alpha value is -0.950. The Kier molecular flexibility index (Phi) is 4.80. The summed E-state index contributed by atoms with van der Waals surface area (Å²) in [4.78, 5) is 3.96. The quantitative estimate of drug-likeness (QED) is 0.889. The summed E-state index contributed by atoms with van der Waals surface area (Å²) in [6.45, 7) is 1.76. The Morgan fingerprint density at radius 1 is 1.25 bits per heavy atom. The van der Waals surface area contributed by atoms with E-state index in [1.807, 2.05) is 0 Å². The predicted octanol–water partition coefficient (Wildman–Crippen LogP) is 3.54. The number of benzene rings is 1. The zero-order chi connectivity index (χ0) is 14.8. The van der Waals surface area contributed by atoms with Crippen molar-refractivity contribution in [3.05, 3.63) is 57.8 Å². The highest BCUT2D eigenvalue weighted by molar-refractivity contribution is 9.10. The van der Waals surface area contributed by atoms with E-state index in [0.29, 0.717) is 0 Å². The lowest BCUT2D eigenvalue weighted by atomic mass is 10.1. The van der Waals surface area contributed by atoms with Crippen molar-refractivity contribution < 1.29 is 8.42 Å². The molecule has 0 saturated heterocycles. The molecule has 0 radical (unpaired) electrons. The first-order valence-corrected chi connectivity index (χ1v) is 8.43. The van der Waals surface area contributed by atoms with Crippen LogP contribution in [0.5, 0.6) is 0 Å². The molecule has 1 atom stereocenters. The molecule has 0 aliphatic heterocycles. The monoisotopic (exact) mass is 374 g/mol. The van der Waals surface area contributed by atoms with Crippen LogP contribution in [-0.2, 0) is 10.0 Å². The number of nitrogens with zero attached hydrogens (tertiary/aromatic N) is 1. The maximum atomic E-state index is 12.3. The first-order chi connectivity index (χ1) is 9.40. The summed E-state index contributed by atoms with van der Waals surface area (Å²) in [5, 5.41) is 0.175. The van der Waals surface area contributed by atoms with Crippen LogP contribution in [0.4, 0.5) is 0 Å². The van der Waals surface area contributed by atoms with Gasteiger partial charge in [-0.05, 0) is 42.8 Å². The normalized spacial score (nSPS) is 13.2. The molecular formula is C13H12BrClN2O2S. The standard InChI is InChI=1S/C13H12BrClN2O2S/c1-9(10-4-6-16-7-5-10)17-20(18,19)13-3-2-11(14)8-12(13)15/h2-9,17H,1H3. The smallest absolute Gasteiger partial charge is 0.242 e. The summed E-state index contributed by atoms with van der Waals surface area (Å²) in [7, 11) is -3.68. The molecule has 0 amide bonds. The van der Waals surface area contributed by atoms with E-state index < -0.39 is 10.0 Å². The first kappa shape index (κ1) is 15.4. The molecule has 1 unspecified atom stereocenters. The third kappa shape index (κ3) is 3.58. The second-order valence-electron chi connectivity index (χ2n) is 4.20. The molecule has 0 fully saturated rings. The molecule has 106 valence electrons. The van der Waals surface area contributed by atoms with E-state index in [1.165, 1.54) is 6.07 Å². The summed E-state index contributed by atoms with van der Waals surface area (Å²) >= 11 is 9.23. The molecule has 4 nitrogen and oxygen atoms in total. The van der Waals surface area contributed by atoms with Crippen LogP contribution in [0.1, 0.15) is 18.5 Å². The molecule has 1 N–H and O–H groups in total. The fourth-order valence-electron chi connectivity index (χ4n) is 1.71. The van der Waals surface area contributed by atoms with Crippen LogP contribution in [-0.4, -0.2) is 13.4 Å². The van der Waals surface area contributed by atoms with E-state index >= 15 is 0 Å². The molecule has 0 aliphatic rings. The fraction of sp³-hybridized carbons (Fsp3) is 0.154. The largest absolute Gasteiger partial charge is 0.265 e. The maximum absolute atomic E-state index is 12.3. The van der Waals surface area contributed by atoms with Gasteiger partial charge in [-0.2, -0.15) is 0 Å². The number of nitrogens with one attached hydrogen (secondary N) is 1. The number of hydrogen-bond acceptors (Lipinski definition) is 3. The summed E-state index contributed by atoms with van der Waals surface area (Å²) in [5.74, 6) is 0. The molecule has 1 heterocycles. The SMILES string of the molecule is CC(NS(=O)(=O)c1ccc(Br)cc1Cl)c1ccncc1. The van der Waals surface area contributed by atoms with Crippen LogP contribution < -0.4 is 4.72 Å². The van der Waals surface area contributed by atoms with E-state index in [0.717, 1.165) is 10.0 Å². The Morgan fingerprint density at radius 3 is 2.50 bits per heavy atom. The number of rotatable bonds is 4. The topological polar surface area (TPSA) is 59.1 Å². The van der Waals surface area contributed by atoms with Crippen LogP contribution >= 0.6 is 27.5 Å². The molecule has 2 aromatic rings. The summed E-state index contributed by atoms with van der Waals surface area (Å²) in [5.41, 5.74) is 0.830. The van der Waals surface area contributed by atoms with Crippen LogP contribution in [0.3, 0.4) is 0 Å². The van der Waals surface area contributed by atoms with Crippen molar-refractivity contribution in [3.8, 4) is 0 Å². The van der Waals surface area contributed by atoms with Crippen molar-refractivity contribution >= 4 is 37.6 Å². The van der Waals surface area contributed by atoms with Gasteiger partial charge in [-0.15, -0.1) is 0 Å². The van der Waals surface area contributed by atoms with E-state index in [1.54, 1.807) is 43.6 Å². The zero-order valence-corrected chi connectivity index (χ0v) is 13.7. The van der Waals surface area contributed by atoms with Crippen molar-refractivity contribution in [2.24, 2.45) is 0 Å². The predicted molar refractivity (Wildman–Crippen MR) is 82.1 cm³/mol. The van der Waals surface area contributed by atoms with Gasteiger partial charge < -0.3 is 0 Å². The second-order valence-corrected chi connectivity index (χ2v) is 7.20. The number of aromatic nitrogens is 1. The fourth-order valence-corrected chi connectivity index (χ4v) is 3.98. The number of sulfonamides is 1. The van der Waals surface area contributed by atoms with Crippen LogP contribution in [0.2, 0.25) is 5.02 Å². The van der Waals surface area contributed by atoms with Crippen molar-refractivity contribution in [2.45, 2.75) is 17.9 Å². The van der Waals surface area contributed by atoms with E-state index in [4.69, 9.17) is 11.6 Å². The van der Waals surface area contributed by atoms with Crippen molar-refractivity contribution in [2.75, 3.05) is 0 Å². The number of halogens is 2. The third-order valence-electron chi connectivity index (χ3n) is 2.72. The van der Waals surface area contributed by atoms with Crippen LogP contribution in [0.15, 0.2) is 52.1 Å². The molecule has 0 bridgehead atoms. The lowest BCUT2D eigenvalue weighted by molar-refractivity contribution is 0.567. The van der Waals surface area contributed by atoms with Gasteiger partial charge in [-0.3, -0.25) is 4.98 Å². The summed E-state index contributed by atoms with van der Waals surface area (Å²) < 4.78 is 28.0. The number of hydrogen-bond donors (Lipinski definition) is 1. The molecule has 2 rings (SSSR count). The Labute approximate surface area is 131 Å².